The summed E-state index contributed by atoms with van der Waals surface area (Å²) in [5.41, 5.74) is -0.139. The van der Waals surface area contributed by atoms with Crippen LogP contribution in [0.25, 0.3) is 0 Å². The fourth-order valence-corrected chi connectivity index (χ4v) is 2.46. The highest BCUT2D eigenvalue weighted by atomic mass is 32.2. The second-order valence-corrected chi connectivity index (χ2v) is 4.67. The predicted octanol–water partition coefficient (Wildman–Crippen LogP) is 2.59. The van der Waals surface area contributed by atoms with Crippen LogP contribution in [0.4, 0.5) is 11.6 Å². The van der Waals surface area contributed by atoms with Gasteiger partial charge < -0.3 is 10.1 Å². The number of hydrogen-bond donors (Lipinski definition) is 1. The van der Waals surface area contributed by atoms with Gasteiger partial charge in [0.25, 0.3) is 0 Å². The molecule has 0 atom stereocenters. The highest BCUT2D eigenvalue weighted by Crippen LogP contribution is 2.37. The molecule has 1 N–H and O–H groups in total. The van der Waals surface area contributed by atoms with Gasteiger partial charge in [0.05, 0.1) is 16.9 Å². The number of anilines is 1. The summed E-state index contributed by atoms with van der Waals surface area (Å²) in [6.07, 6.45) is 1.19. The largest absolute Gasteiger partial charge is 0.496 e. The molecule has 20 heavy (non-hydrogen) atoms. The standard InChI is InChI=1S/C12H12N4O3S/c1-13-12-14-7-8(16(17)18)11(15-12)20-10-6-4-3-5-9(10)19-2/h3-7H,1-2H3,(H,13,14,15). The molecule has 0 aliphatic carbocycles. The highest BCUT2D eigenvalue weighted by molar-refractivity contribution is 7.99. The average Bonchev–Trinajstić information content (AvgIpc) is 2.47. The molecule has 0 bridgehead atoms. The van der Waals surface area contributed by atoms with Crippen molar-refractivity contribution in [2.45, 2.75) is 9.92 Å². The summed E-state index contributed by atoms with van der Waals surface area (Å²) in [6, 6.07) is 7.26. The Morgan fingerprint density at radius 2 is 2.15 bits per heavy atom. The van der Waals surface area contributed by atoms with Crippen LogP contribution in [-0.2, 0) is 0 Å². The topological polar surface area (TPSA) is 90.2 Å². The summed E-state index contributed by atoms with van der Waals surface area (Å²) < 4.78 is 5.22. The molecule has 0 aliphatic rings. The highest BCUT2D eigenvalue weighted by Gasteiger charge is 2.19. The maximum atomic E-state index is 11.0. The van der Waals surface area contributed by atoms with Crippen LogP contribution in [0.3, 0.4) is 0 Å². The zero-order valence-corrected chi connectivity index (χ0v) is 11.7. The van der Waals surface area contributed by atoms with E-state index in [1.165, 1.54) is 18.0 Å². The maximum absolute atomic E-state index is 11.0. The second-order valence-electron chi connectivity index (χ2n) is 3.64. The Bertz CT molecular complexity index is 636. The molecule has 8 heteroatoms. The van der Waals surface area contributed by atoms with Crippen molar-refractivity contribution in [3.05, 3.63) is 40.6 Å². The number of ether oxygens (including phenoxy) is 1. The molecule has 1 aromatic heterocycles. The Labute approximate surface area is 119 Å². The molecule has 0 radical (unpaired) electrons. The third kappa shape index (κ3) is 2.97. The van der Waals surface area contributed by atoms with Crippen LogP contribution >= 0.6 is 11.8 Å². The van der Waals surface area contributed by atoms with Crippen molar-refractivity contribution in [3.63, 3.8) is 0 Å². The normalized spacial score (nSPS) is 10.1. The fourth-order valence-electron chi connectivity index (χ4n) is 1.49. The van der Waals surface area contributed by atoms with Crippen LogP contribution in [0, 0.1) is 10.1 Å². The molecule has 1 aromatic carbocycles. The summed E-state index contributed by atoms with van der Waals surface area (Å²) in [7, 11) is 3.20. The molecule has 7 nitrogen and oxygen atoms in total. The van der Waals surface area contributed by atoms with Crippen molar-refractivity contribution in [2.75, 3.05) is 19.5 Å². The van der Waals surface area contributed by atoms with E-state index in [1.807, 2.05) is 18.2 Å². The Kier molecular flexibility index (Phi) is 4.36. The van der Waals surface area contributed by atoms with E-state index in [-0.39, 0.29) is 10.7 Å². The van der Waals surface area contributed by atoms with Gasteiger partial charge in [-0.3, -0.25) is 10.1 Å². The van der Waals surface area contributed by atoms with E-state index in [0.717, 1.165) is 4.90 Å². The van der Waals surface area contributed by atoms with Crippen molar-refractivity contribution in [1.82, 2.24) is 9.97 Å². The molecule has 0 saturated carbocycles. The Morgan fingerprint density at radius 3 is 2.80 bits per heavy atom. The number of nitrogens with zero attached hydrogens (tertiary/aromatic N) is 3. The SMILES string of the molecule is CNc1ncc([N+](=O)[O-])c(Sc2ccccc2OC)n1. The first kappa shape index (κ1) is 14.1. The molecule has 1 heterocycles. The predicted molar refractivity (Wildman–Crippen MR) is 75.4 cm³/mol. The van der Waals surface area contributed by atoms with E-state index in [9.17, 15) is 10.1 Å². The molecule has 0 aliphatic heterocycles. The minimum atomic E-state index is -0.503. The van der Waals surface area contributed by atoms with Gasteiger partial charge in [0.15, 0.2) is 5.03 Å². The first-order valence-corrected chi connectivity index (χ1v) is 6.47. The number of rotatable bonds is 5. The van der Waals surface area contributed by atoms with Crippen molar-refractivity contribution in [1.29, 1.82) is 0 Å². The third-order valence-electron chi connectivity index (χ3n) is 2.43. The monoisotopic (exact) mass is 292 g/mol. The van der Waals surface area contributed by atoms with Gasteiger partial charge in [-0.05, 0) is 12.1 Å². The van der Waals surface area contributed by atoms with Crippen molar-refractivity contribution >= 4 is 23.4 Å². The van der Waals surface area contributed by atoms with Gasteiger partial charge in [0, 0.05) is 7.05 Å². The molecule has 2 rings (SSSR count). The molecule has 0 unspecified atom stereocenters. The number of hydrogen-bond acceptors (Lipinski definition) is 7. The summed E-state index contributed by atoms with van der Waals surface area (Å²) >= 11 is 1.17. The lowest BCUT2D eigenvalue weighted by molar-refractivity contribution is -0.388. The van der Waals surface area contributed by atoms with Crippen LogP contribution in [0.5, 0.6) is 5.75 Å². The summed E-state index contributed by atoms with van der Waals surface area (Å²) in [5.74, 6) is 0.962. The summed E-state index contributed by atoms with van der Waals surface area (Å²) in [5, 5.41) is 14.0. The molecular formula is C12H12N4O3S. The van der Waals surface area contributed by atoms with Gasteiger partial charge in [-0.15, -0.1) is 0 Å². The number of nitrogens with one attached hydrogen (secondary N) is 1. The Morgan fingerprint density at radius 1 is 1.40 bits per heavy atom. The Balaban J connectivity index is 2.43. The van der Waals surface area contributed by atoms with Crippen LogP contribution < -0.4 is 10.1 Å². The van der Waals surface area contributed by atoms with Crippen LogP contribution in [0.1, 0.15) is 0 Å². The van der Waals surface area contributed by atoms with Gasteiger partial charge in [0.2, 0.25) is 5.95 Å². The van der Waals surface area contributed by atoms with Gasteiger partial charge in [-0.25, -0.2) is 4.98 Å². The lowest BCUT2D eigenvalue weighted by Crippen LogP contribution is -2.01. The molecule has 0 spiro atoms. The van der Waals surface area contributed by atoms with Gasteiger partial charge in [-0.2, -0.15) is 4.98 Å². The lowest BCUT2D eigenvalue weighted by Gasteiger charge is -2.08. The summed E-state index contributed by atoms with van der Waals surface area (Å²) in [4.78, 5) is 19.3. The molecule has 2 aromatic rings. The molecule has 0 amide bonds. The average molecular weight is 292 g/mol. The number of aromatic nitrogens is 2. The van der Waals surface area contributed by atoms with E-state index in [1.54, 1.807) is 20.2 Å². The van der Waals surface area contributed by atoms with Crippen LogP contribution in [0.2, 0.25) is 0 Å². The zero-order chi connectivity index (χ0) is 14.5. The van der Waals surface area contributed by atoms with Crippen molar-refractivity contribution in [3.8, 4) is 5.75 Å². The fraction of sp³-hybridized carbons (Fsp3) is 0.167. The quantitative estimate of drug-likeness (QED) is 0.514. The van der Waals surface area contributed by atoms with Crippen molar-refractivity contribution < 1.29 is 9.66 Å². The van der Waals surface area contributed by atoms with E-state index >= 15 is 0 Å². The van der Waals surface area contributed by atoms with Crippen molar-refractivity contribution in [2.24, 2.45) is 0 Å². The number of methoxy groups -OCH3 is 1. The Hall–Kier alpha value is -2.35. The van der Waals surface area contributed by atoms with Gasteiger partial charge >= 0.3 is 5.69 Å². The third-order valence-corrected chi connectivity index (χ3v) is 3.48. The smallest absolute Gasteiger partial charge is 0.320 e. The minimum absolute atomic E-state index is 0.139. The number of para-hydroxylation sites is 1. The minimum Gasteiger partial charge on any atom is -0.496 e. The molecular weight excluding hydrogens is 280 g/mol. The van der Waals surface area contributed by atoms with E-state index in [4.69, 9.17) is 4.74 Å². The molecule has 0 saturated heterocycles. The van der Waals surface area contributed by atoms with Crippen LogP contribution in [0.15, 0.2) is 40.4 Å². The number of benzene rings is 1. The molecule has 0 fully saturated rings. The van der Waals surface area contributed by atoms with E-state index in [0.29, 0.717) is 11.7 Å². The first-order chi connectivity index (χ1) is 9.65. The summed E-state index contributed by atoms with van der Waals surface area (Å²) in [6.45, 7) is 0. The second kappa shape index (κ2) is 6.20. The lowest BCUT2D eigenvalue weighted by atomic mass is 10.3. The van der Waals surface area contributed by atoms with Gasteiger partial charge in [0.1, 0.15) is 11.9 Å². The molecule has 104 valence electrons. The maximum Gasteiger partial charge on any atom is 0.320 e. The number of nitro groups is 1. The van der Waals surface area contributed by atoms with Crippen LogP contribution in [-0.4, -0.2) is 29.0 Å². The van der Waals surface area contributed by atoms with E-state index < -0.39 is 4.92 Å². The first-order valence-electron chi connectivity index (χ1n) is 5.65. The van der Waals surface area contributed by atoms with E-state index in [2.05, 4.69) is 15.3 Å². The van der Waals surface area contributed by atoms with Gasteiger partial charge in [-0.1, -0.05) is 23.9 Å². The zero-order valence-electron chi connectivity index (χ0n) is 10.9.